The fraction of sp³-hybridized carbons (Fsp3) is 0.200. The Morgan fingerprint density at radius 3 is 2.65 bits per heavy atom. The number of alkyl halides is 2. The number of rotatable bonds is 3. The first-order chi connectivity index (χ1) is 8.00. The molecule has 0 aliphatic carbocycles. The number of nitrogens with zero attached hydrogens (tertiary/aromatic N) is 1. The van der Waals surface area contributed by atoms with E-state index in [1.165, 1.54) is 12.3 Å². The first-order valence-corrected chi connectivity index (χ1v) is 4.57. The summed E-state index contributed by atoms with van der Waals surface area (Å²) in [4.78, 5) is 14.2. The van der Waals surface area contributed by atoms with Gasteiger partial charge < -0.3 is 13.9 Å². The lowest BCUT2D eigenvalue weighted by molar-refractivity contribution is 0.0647. The van der Waals surface area contributed by atoms with Crippen LogP contribution in [0, 0.1) is 6.92 Å². The quantitative estimate of drug-likeness (QED) is 0.896. The summed E-state index contributed by atoms with van der Waals surface area (Å²) >= 11 is 0. The summed E-state index contributed by atoms with van der Waals surface area (Å²) in [5.41, 5.74) is -0.535. The Balaban J connectivity index is 2.55. The summed E-state index contributed by atoms with van der Waals surface area (Å²) in [6.45, 7) is 1.59. The van der Waals surface area contributed by atoms with Crippen molar-refractivity contribution in [2.24, 2.45) is 0 Å². The van der Waals surface area contributed by atoms with Crippen molar-refractivity contribution in [3.05, 3.63) is 29.5 Å². The standard InChI is InChI=1S/C10H7F2NO4/c1-4-5(2-3-16-4)9-13-6(8(11)12)7(17-9)10(14)15/h2-3,8H,1H3,(H,14,15). The molecular formula is C10H7F2NO4. The van der Waals surface area contributed by atoms with Crippen LogP contribution in [0.15, 0.2) is 21.2 Å². The number of halogens is 2. The van der Waals surface area contributed by atoms with Gasteiger partial charge in [-0.1, -0.05) is 0 Å². The van der Waals surface area contributed by atoms with E-state index in [4.69, 9.17) is 13.9 Å². The molecule has 0 unspecified atom stereocenters. The largest absolute Gasteiger partial charge is 0.475 e. The SMILES string of the molecule is Cc1occc1-c1nc(C(F)F)c(C(=O)O)o1. The Bertz CT molecular complexity index is 558. The lowest BCUT2D eigenvalue weighted by atomic mass is 10.2. The Kier molecular flexibility index (Phi) is 2.66. The van der Waals surface area contributed by atoms with E-state index in [2.05, 4.69) is 4.98 Å². The number of hydrogen-bond acceptors (Lipinski definition) is 4. The highest BCUT2D eigenvalue weighted by atomic mass is 19.3. The number of aryl methyl sites for hydroxylation is 1. The number of oxazole rings is 1. The van der Waals surface area contributed by atoms with Gasteiger partial charge in [0, 0.05) is 0 Å². The normalized spacial score (nSPS) is 11.1. The molecule has 0 aromatic carbocycles. The molecule has 2 aromatic rings. The molecule has 90 valence electrons. The minimum atomic E-state index is -3.01. The van der Waals surface area contributed by atoms with Crippen LogP contribution in [0.4, 0.5) is 8.78 Å². The smallest absolute Gasteiger partial charge is 0.374 e. The summed E-state index contributed by atoms with van der Waals surface area (Å²) in [7, 11) is 0. The molecule has 2 aromatic heterocycles. The van der Waals surface area contributed by atoms with Gasteiger partial charge in [0.2, 0.25) is 11.7 Å². The Hall–Kier alpha value is -2.18. The van der Waals surface area contributed by atoms with E-state index < -0.39 is 23.8 Å². The molecular weight excluding hydrogens is 236 g/mol. The Morgan fingerprint density at radius 2 is 2.24 bits per heavy atom. The molecule has 0 radical (unpaired) electrons. The van der Waals surface area contributed by atoms with Gasteiger partial charge >= 0.3 is 5.97 Å². The van der Waals surface area contributed by atoms with Crippen LogP contribution in [0.1, 0.15) is 28.4 Å². The van der Waals surface area contributed by atoms with E-state index in [1.54, 1.807) is 6.92 Å². The molecule has 0 bridgehead atoms. The van der Waals surface area contributed by atoms with Crippen molar-refractivity contribution in [2.45, 2.75) is 13.3 Å². The second-order valence-corrected chi connectivity index (χ2v) is 3.23. The van der Waals surface area contributed by atoms with Gasteiger partial charge in [0.15, 0.2) is 5.69 Å². The zero-order valence-electron chi connectivity index (χ0n) is 8.61. The molecule has 5 nitrogen and oxygen atoms in total. The molecule has 0 atom stereocenters. The van der Waals surface area contributed by atoms with Crippen LogP contribution in [0.5, 0.6) is 0 Å². The lowest BCUT2D eigenvalue weighted by Crippen LogP contribution is -1.99. The van der Waals surface area contributed by atoms with Crippen LogP contribution in [-0.2, 0) is 0 Å². The molecule has 2 heterocycles. The van der Waals surface area contributed by atoms with Gasteiger partial charge in [0.25, 0.3) is 6.43 Å². The predicted octanol–water partition coefficient (Wildman–Crippen LogP) is 2.88. The van der Waals surface area contributed by atoms with E-state index >= 15 is 0 Å². The number of carbonyl (C=O) groups is 1. The van der Waals surface area contributed by atoms with Gasteiger partial charge in [-0.3, -0.25) is 0 Å². The molecule has 0 aliphatic heterocycles. The fourth-order valence-electron chi connectivity index (χ4n) is 1.36. The highest BCUT2D eigenvalue weighted by molar-refractivity contribution is 5.86. The maximum Gasteiger partial charge on any atom is 0.374 e. The van der Waals surface area contributed by atoms with Crippen LogP contribution >= 0.6 is 0 Å². The number of aromatic carboxylic acids is 1. The summed E-state index contributed by atoms with van der Waals surface area (Å²) in [6.07, 6.45) is -1.68. The van der Waals surface area contributed by atoms with Crippen molar-refractivity contribution in [3.63, 3.8) is 0 Å². The van der Waals surface area contributed by atoms with E-state index in [0.717, 1.165) is 0 Å². The first kappa shape index (κ1) is 11.3. The Labute approximate surface area is 93.7 Å². The van der Waals surface area contributed by atoms with Gasteiger partial charge in [0.1, 0.15) is 5.76 Å². The molecule has 17 heavy (non-hydrogen) atoms. The van der Waals surface area contributed by atoms with Crippen molar-refractivity contribution >= 4 is 5.97 Å². The average molecular weight is 243 g/mol. The number of hydrogen-bond donors (Lipinski definition) is 1. The molecule has 0 spiro atoms. The molecule has 0 amide bonds. The zero-order chi connectivity index (χ0) is 12.6. The average Bonchev–Trinajstić information content (AvgIpc) is 2.82. The van der Waals surface area contributed by atoms with Crippen molar-refractivity contribution in [2.75, 3.05) is 0 Å². The third kappa shape index (κ3) is 1.91. The Morgan fingerprint density at radius 1 is 1.53 bits per heavy atom. The first-order valence-electron chi connectivity index (χ1n) is 4.57. The zero-order valence-corrected chi connectivity index (χ0v) is 8.61. The third-order valence-corrected chi connectivity index (χ3v) is 2.14. The van der Waals surface area contributed by atoms with Crippen molar-refractivity contribution < 1.29 is 27.5 Å². The van der Waals surface area contributed by atoms with Crippen LogP contribution in [0.25, 0.3) is 11.5 Å². The number of carboxylic acids is 1. The minimum Gasteiger partial charge on any atom is -0.475 e. The van der Waals surface area contributed by atoms with Crippen molar-refractivity contribution in [1.82, 2.24) is 4.98 Å². The van der Waals surface area contributed by atoms with Gasteiger partial charge in [-0.25, -0.2) is 18.6 Å². The molecule has 2 rings (SSSR count). The lowest BCUT2D eigenvalue weighted by Gasteiger charge is -1.91. The second kappa shape index (κ2) is 4.00. The maximum absolute atomic E-state index is 12.5. The van der Waals surface area contributed by atoms with E-state index in [-0.39, 0.29) is 5.89 Å². The summed E-state index contributed by atoms with van der Waals surface area (Å²) in [5.74, 6) is -2.22. The molecule has 0 saturated heterocycles. The van der Waals surface area contributed by atoms with E-state index in [0.29, 0.717) is 11.3 Å². The monoisotopic (exact) mass is 243 g/mol. The highest BCUT2D eigenvalue weighted by Crippen LogP contribution is 2.30. The second-order valence-electron chi connectivity index (χ2n) is 3.23. The number of furan rings is 1. The van der Waals surface area contributed by atoms with Crippen LogP contribution in [0.2, 0.25) is 0 Å². The van der Waals surface area contributed by atoms with Gasteiger partial charge in [-0.15, -0.1) is 0 Å². The van der Waals surface area contributed by atoms with Gasteiger partial charge in [-0.05, 0) is 13.0 Å². The summed E-state index contributed by atoms with van der Waals surface area (Å²) < 4.78 is 34.8. The number of carboxylic acid groups (broad SMARTS) is 1. The van der Waals surface area contributed by atoms with Crippen LogP contribution in [0.3, 0.4) is 0 Å². The van der Waals surface area contributed by atoms with Crippen LogP contribution in [-0.4, -0.2) is 16.1 Å². The fourth-order valence-corrected chi connectivity index (χ4v) is 1.36. The molecule has 7 heteroatoms. The third-order valence-electron chi connectivity index (χ3n) is 2.14. The summed E-state index contributed by atoms with van der Waals surface area (Å²) in [6, 6.07) is 1.46. The molecule has 0 fully saturated rings. The van der Waals surface area contributed by atoms with Crippen molar-refractivity contribution in [3.8, 4) is 11.5 Å². The molecule has 1 N–H and O–H groups in total. The molecule has 0 saturated carbocycles. The van der Waals surface area contributed by atoms with E-state index in [1.807, 2.05) is 0 Å². The summed E-state index contributed by atoms with van der Waals surface area (Å²) in [5, 5.41) is 8.70. The van der Waals surface area contributed by atoms with Gasteiger partial charge in [-0.2, -0.15) is 0 Å². The number of aromatic nitrogens is 1. The van der Waals surface area contributed by atoms with Crippen molar-refractivity contribution in [1.29, 1.82) is 0 Å². The molecule has 0 aliphatic rings. The van der Waals surface area contributed by atoms with Gasteiger partial charge in [0.05, 0.1) is 11.8 Å². The van der Waals surface area contributed by atoms with Crippen LogP contribution < -0.4 is 0 Å². The maximum atomic E-state index is 12.5. The highest BCUT2D eigenvalue weighted by Gasteiger charge is 2.27. The topological polar surface area (TPSA) is 76.5 Å². The van der Waals surface area contributed by atoms with E-state index in [9.17, 15) is 13.6 Å². The minimum absolute atomic E-state index is 0.191. The predicted molar refractivity (Wildman–Crippen MR) is 50.9 cm³/mol.